The fourth-order valence-corrected chi connectivity index (χ4v) is 3.38. The molecule has 6 nitrogen and oxygen atoms in total. The van der Waals surface area contributed by atoms with E-state index in [0.29, 0.717) is 30.8 Å². The van der Waals surface area contributed by atoms with Crippen molar-refractivity contribution in [1.82, 2.24) is 9.97 Å². The molecule has 0 aliphatic carbocycles. The fraction of sp³-hybridized carbons (Fsp3) is 0.500. The van der Waals surface area contributed by atoms with Crippen molar-refractivity contribution < 1.29 is 19.1 Å². The summed E-state index contributed by atoms with van der Waals surface area (Å²) < 4.78 is 10.6. The summed E-state index contributed by atoms with van der Waals surface area (Å²) in [6, 6.07) is 7.98. The van der Waals surface area contributed by atoms with Crippen LogP contribution in [0.4, 0.5) is 0 Å². The van der Waals surface area contributed by atoms with Crippen molar-refractivity contribution in [2.45, 2.75) is 91.1 Å². The molecular formula is C28H38N2O4. The third kappa shape index (κ3) is 10.7. The van der Waals surface area contributed by atoms with Crippen LogP contribution in [0.2, 0.25) is 0 Å². The van der Waals surface area contributed by atoms with E-state index in [1.54, 1.807) is 6.92 Å². The molecule has 1 unspecified atom stereocenters. The molecule has 0 aliphatic heterocycles. The van der Waals surface area contributed by atoms with Gasteiger partial charge in [-0.25, -0.2) is 9.97 Å². The topological polar surface area (TPSA) is 78.4 Å². The lowest BCUT2D eigenvalue weighted by molar-refractivity contribution is -0.148. The van der Waals surface area contributed by atoms with Crippen LogP contribution in [0, 0.1) is 0 Å². The number of aromatic nitrogens is 2. The van der Waals surface area contributed by atoms with Gasteiger partial charge in [-0.05, 0) is 44.6 Å². The molecule has 1 heterocycles. The minimum atomic E-state index is -0.282. The van der Waals surface area contributed by atoms with Gasteiger partial charge in [0.1, 0.15) is 0 Å². The van der Waals surface area contributed by atoms with Crippen LogP contribution in [0.15, 0.2) is 48.8 Å². The standard InChI is InChI=1S/C28H38N2O4/c1-4-6-7-8-9-10-11-12-13-27(32)34-25-20-29-28(30-21-25)24-18-16-23(17-19-24)15-14-22(3)33-26(31)5-2/h10-11,16-22H,4-9,12-15H2,1-3H3/b11-10+. The molecule has 1 aromatic heterocycles. The van der Waals surface area contributed by atoms with Gasteiger partial charge in [-0.15, -0.1) is 0 Å². The summed E-state index contributed by atoms with van der Waals surface area (Å²) in [7, 11) is 0. The summed E-state index contributed by atoms with van der Waals surface area (Å²) in [4.78, 5) is 32.1. The van der Waals surface area contributed by atoms with Crippen molar-refractivity contribution in [2.75, 3.05) is 0 Å². The number of carbonyl (C=O) groups is 2. The van der Waals surface area contributed by atoms with Crippen molar-refractivity contribution in [3.63, 3.8) is 0 Å². The second-order valence-corrected chi connectivity index (χ2v) is 8.47. The number of hydrogen-bond acceptors (Lipinski definition) is 6. The van der Waals surface area contributed by atoms with Crippen LogP contribution in [0.5, 0.6) is 5.75 Å². The molecule has 0 saturated heterocycles. The highest BCUT2D eigenvalue weighted by Crippen LogP contribution is 2.19. The number of rotatable bonds is 15. The van der Waals surface area contributed by atoms with Gasteiger partial charge in [0.05, 0.1) is 18.5 Å². The third-order valence-electron chi connectivity index (χ3n) is 5.44. The van der Waals surface area contributed by atoms with E-state index in [2.05, 4.69) is 29.0 Å². The second-order valence-electron chi connectivity index (χ2n) is 8.47. The van der Waals surface area contributed by atoms with E-state index < -0.39 is 0 Å². The Hall–Kier alpha value is -3.02. The number of unbranched alkanes of at least 4 members (excludes halogenated alkanes) is 4. The molecule has 0 radical (unpaired) electrons. The quantitative estimate of drug-likeness (QED) is 0.166. The summed E-state index contributed by atoms with van der Waals surface area (Å²) in [5, 5.41) is 0. The van der Waals surface area contributed by atoms with Gasteiger partial charge < -0.3 is 9.47 Å². The molecule has 0 spiro atoms. The Kier molecular flexibility index (Phi) is 12.6. The summed E-state index contributed by atoms with van der Waals surface area (Å²) in [6.07, 6.45) is 16.2. The zero-order valence-electron chi connectivity index (χ0n) is 20.8. The first-order valence-electron chi connectivity index (χ1n) is 12.5. The van der Waals surface area contributed by atoms with Crippen molar-refractivity contribution in [3.8, 4) is 17.1 Å². The smallest absolute Gasteiger partial charge is 0.311 e. The summed E-state index contributed by atoms with van der Waals surface area (Å²) in [5.41, 5.74) is 2.04. The molecule has 0 aliphatic rings. The number of nitrogens with zero attached hydrogens (tertiary/aromatic N) is 2. The Labute approximate surface area is 203 Å². The molecule has 1 aromatic carbocycles. The minimum Gasteiger partial charge on any atom is -0.463 e. The highest BCUT2D eigenvalue weighted by molar-refractivity contribution is 5.72. The maximum atomic E-state index is 12.0. The van der Waals surface area contributed by atoms with Crippen LogP contribution in [0.25, 0.3) is 11.4 Å². The van der Waals surface area contributed by atoms with Gasteiger partial charge in [-0.1, -0.05) is 69.5 Å². The molecule has 6 heteroatoms. The predicted molar refractivity (Wildman–Crippen MR) is 134 cm³/mol. The first-order chi connectivity index (χ1) is 16.5. The zero-order chi connectivity index (χ0) is 24.6. The highest BCUT2D eigenvalue weighted by Gasteiger charge is 2.09. The maximum Gasteiger partial charge on any atom is 0.311 e. The fourth-order valence-electron chi connectivity index (χ4n) is 3.38. The molecule has 0 N–H and O–H groups in total. The van der Waals surface area contributed by atoms with Crippen LogP contribution in [0.3, 0.4) is 0 Å². The Morgan fingerprint density at radius 2 is 1.65 bits per heavy atom. The van der Waals surface area contributed by atoms with Gasteiger partial charge >= 0.3 is 11.9 Å². The molecular weight excluding hydrogens is 428 g/mol. The van der Waals surface area contributed by atoms with Crippen LogP contribution < -0.4 is 4.74 Å². The van der Waals surface area contributed by atoms with Gasteiger partial charge in [0.15, 0.2) is 11.6 Å². The van der Waals surface area contributed by atoms with Crippen molar-refractivity contribution in [2.24, 2.45) is 0 Å². The van der Waals surface area contributed by atoms with Gasteiger partial charge in [0, 0.05) is 18.4 Å². The number of esters is 2. The van der Waals surface area contributed by atoms with Crippen LogP contribution in [0.1, 0.15) is 84.1 Å². The zero-order valence-corrected chi connectivity index (χ0v) is 20.8. The molecule has 0 bridgehead atoms. The van der Waals surface area contributed by atoms with Gasteiger partial charge in [-0.2, -0.15) is 0 Å². The molecule has 2 rings (SSSR count). The van der Waals surface area contributed by atoms with Gasteiger partial charge in [-0.3, -0.25) is 9.59 Å². The van der Waals surface area contributed by atoms with E-state index in [0.717, 1.165) is 30.4 Å². The minimum absolute atomic E-state index is 0.0997. The Bertz CT molecular complexity index is 892. The van der Waals surface area contributed by atoms with E-state index in [4.69, 9.17) is 9.47 Å². The van der Waals surface area contributed by atoms with Crippen LogP contribution in [-0.4, -0.2) is 28.0 Å². The molecule has 2 aromatic rings. The number of carbonyl (C=O) groups excluding carboxylic acids is 2. The first kappa shape index (κ1) is 27.2. The van der Waals surface area contributed by atoms with Crippen LogP contribution in [-0.2, 0) is 20.7 Å². The highest BCUT2D eigenvalue weighted by atomic mass is 16.5. The lowest BCUT2D eigenvalue weighted by Gasteiger charge is -2.12. The molecule has 1 atom stereocenters. The Balaban J connectivity index is 1.74. The second kappa shape index (κ2) is 15.8. The van der Waals surface area contributed by atoms with E-state index in [-0.39, 0.29) is 18.0 Å². The number of allylic oxidation sites excluding steroid dienone is 2. The summed E-state index contributed by atoms with van der Waals surface area (Å²) in [5.74, 6) is 0.474. The lowest BCUT2D eigenvalue weighted by Crippen LogP contribution is -2.14. The first-order valence-corrected chi connectivity index (χ1v) is 12.5. The van der Waals surface area contributed by atoms with E-state index in [9.17, 15) is 9.59 Å². The van der Waals surface area contributed by atoms with Crippen molar-refractivity contribution in [3.05, 3.63) is 54.4 Å². The van der Waals surface area contributed by atoms with E-state index >= 15 is 0 Å². The molecule has 34 heavy (non-hydrogen) atoms. The predicted octanol–water partition coefficient (Wildman–Crippen LogP) is 6.63. The van der Waals surface area contributed by atoms with E-state index in [1.807, 2.05) is 31.2 Å². The Morgan fingerprint density at radius 1 is 0.941 bits per heavy atom. The number of hydrogen-bond donors (Lipinski definition) is 0. The molecule has 184 valence electrons. The summed E-state index contributed by atoms with van der Waals surface area (Å²) in [6.45, 7) is 5.91. The van der Waals surface area contributed by atoms with E-state index in [1.165, 1.54) is 38.1 Å². The molecule has 0 amide bonds. The SMILES string of the molecule is CCCCCC/C=C/CCC(=O)Oc1cnc(-c2ccc(CCC(C)OC(=O)CC)cc2)nc1. The largest absolute Gasteiger partial charge is 0.463 e. The summed E-state index contributed by atoms with van der Waals surface area (Å²) >= 11 is 0. The molecule has 0 saturated carbocycles. The maximum absolute atomic E-state index is 12.0. The number of aryl methyl sites for hydroxylation is 1. The third-order valence-corrected chi connectivity index (χ3v) is 5.44. The van der Waals surface area contributed by atoms with Gasteiger partial charge in [0.25, 0.3) is 0 Å². The van der Waals surface area contributed by atoms with Crippen molar-refractivity contribution >= 4 is 11.9 Å². The number of ether oxygens (including phenoxy) is 2. The average molecular weight is 467 g/mol. The average Bonchev–Trinajstić information content (AvgIpc) is 2.85. The number of benzene rings is 1. The van der Waals surface area contributed by atoms with Gasteiger partial charge in [0.2, 0.25) is 0 Å². The normalized spacial score (nSPS) is 12.0. The van der Waals surface area contributed by atoms with Crippen molar-refractivity contribution in [1.29, 1.82) is 0 Å². The van der Waals surface area contributed by atoms with Crippen LogP contribution >= 0.6 is 0 Å². The molecule has 0 fully saturated rings. The monoisotopic (exact) mass is 466 g/mol. The Morgan fingerprint density at radius 3 is 2.32 bits per heavy atom. The lowest BCUT2D eigenvalue weighted by atomic mass is 10.1.